The number of aromatic nitrogens is 2. The van der Waals surface area contributed by atoms with Crippen molar-refractivity contribution in [2.24, 2.45) is 7.05 Å². The highest BCUT2D eigenvalue weighted by molar-refractivity contribution is 5.68. The molecule has 2 N–H and O–H groups in total. The van der Waals surface area contributed by atoms with Gasteiger partial charge in [-0.2, -0.15) is 0 Å². The third kappa shape index (κ3) is 5.77. The summed E-state index contributed by atoms with van der Waals surface area (Å²) < 4.78 is 19.2. The van der Waals surface area contributed by atoms with Crippen LogP contribution in [0.3, 0.4) is 0 Å². The van der Waals surface area contributed by atoms with Crippen molar-refractivity contribution >= 4 is 5.97 Å². The van der Waals surface area contributed by atoms with Crippen LogP contribution in [0.15, 0.2) is 58.3 Å². The van der Waals surface area contributed by atoms with E-state index in [1.165, 1.54) is 23.9 Å². The maximum atomic E-state index is 12.1. The van der Waals surface area contributed by atoms with E-state index in [4.69, 9.17) is 14.2 Å². The zero-order chi connectivity index (χ0) is 25.7. The van der Waals surface area contributed by atoms with Gasteiger partial charge in [0.2, 0.25) is 0 Å². The Labute approximate surface area is 207 Å². The summed E-state index contributed by atoms with van der Waals surface area (Å²) in [5.74, 6) is 0.929. The molecule has 0 spiro atoms. The first-order valence-corrected chi connectivity index (χ1v) is 11.6. The average molecular weight is 496 g/mol. The van der Waals surface area contributed by atoms with Crippen LogP contribution in [0.4, 0.5) is 0 Å². The van der Waals surface area contributed by atoms with Gasteiger partial charge in [0.15, 0.2) is 11.5 Å². The summed E-state index contributed by atoms with van der Waals surface area (Å²) in [5, 5.41) is 12.8. The van der Waals surface area contributed by atoms with Crippen molar-refractivity contribution in [3.63, 3.8) is 0 Å². The maximum Gasteiger partial charge on any atom is 0.330 e. The Bertz CT molecular complexity index is 1360. The first-order chi connectivity index (χ1) is 17.4. The van der Waals surface area contributed by atoms with Crippen molar-refractivity contribution in [3.05, 3.63) is 86.2 Å². The first kappa shape index (κ1) is 25.1. The Morgan fingerprint density at radius 1 is 1.17 bits per heavy atom. The van der Waals surface area contributed by atoms with E-state index in [-0.39, 0.29) is 31.2 Å². The van der Waals surface area contributed by atoms with Gasteiger partial charge in [0.1, 0.15) is 12.4 Å². The quantitative estimate of drug-likeness (QED) is 0.414. The fourth-order valence-electron chi connectivity index (χ4n) is 4.15. The molecule has 1 aromatic heterocycles. The summed E-state index contributed by atoms with van der Waals surface area (Å²) in [7, 11) is 3.10. The van der Waals surface area contributed by atoms with E-state index in [0.717, 1.165) is 33.4 Å². The van der Waals surface area contributed by atoms with Crippen LogP contribution in [0.2, 0.25) is 0 Å². The molecule has 10 heteroatoms. The molecule has 0 bridgehead atoms. The molecule has 1 unspecified atom stereocenters. The number of rotatable bonds is 11. The van der Waals surface area contributed by atoms with Gasteiger partial charge >= 0.3 is 11.7 Å². The highest BCUT2D eigenvalue weighted by atomic mass is 16.5. The smallest absolute Gasteiger partial charge is 0.330 e. The molecule has 0 aliphatic carbocycles. The molecule has 0 saturated carbocycles. The molecule has 10 nitrogen and oxygen atoms in total. The summed E-state index contributed by atoms with van der Waals surface area (Å²) >= 11 is 0. The van der Waals surface area contributed by atoms with Gasteiger partial charge in [-0.15, -0.1) is 0 Å². The van der Waals surface area contributed by atoms with E-state index in [0.29, 0.717) is 24.7 Å². The van der Waals surface area contributed by atoms with Crippen LogP contribution in [0.5, 0.6) is 17.2 Å². The predicted octanol–water partition coefficient (Wildman–Crippen LogP) is 1.88. The third-order valence-electron chi connectivity index (χ3n) is 6.09. The second-order valence-electron chi connectivity index (χ2n) is 8.53. The van der Waals surface area contributed by atoms with E-state index in [1.54, 1.807) is 13.1 Å². The van der Waals surface area contributed by atoms with Gasteiger partial charge in [-0.25, -0.2) is 4.79 Å². The van der Waals surface area contributed by atoms with Crippen molar-refractivity contribution < 1.29 is 24.1 Å². The summed E-state index contributed by atoms with van der Waals surface area (Å²) in [5.41, 5.74) is 2.07. The monoisotopic (exact) mass is 495 g/mol. The maximum absolute atomic E-state index is 12.1. The highest BCUT2D eigenvalue weighted by Gasteiger charge is 2.19. The van der Waals surface area contributed by atoms with Gasteiger partial charge < -0.3 is 29.2 Å². The number of methoxy groups -OCH3 is 1. The van der Waals surface area contributed by atoms with Crippen molar-refractivity contribution in [2.75, 3.05) is 20.3 Å². The van der Waals surface area contributed by atoms with E-state index in [9.17, 15) is 19.5 Å². The Hall–Kier alpha value is -4.05. The van der Waals surface area contributed by atoms with Crippen molar-refractivity contribution in [3.8, 4) is 17.2 Å². The van der Waals surface area contributed by atoms with Gasteiger partial charge in [-0.05, 0) is 34.9 Å². The first-order valence-electron chi connectivity index (χ1n) is 11.6. The summed E-state index contributed by atoms with van der Waals surface area (Å²) in [4.78, 5) is 35.6. The van der Waals surface area contributed by atoms with E-state index < -0.39 is 11.7 Å². The molecular weight excluding hydrogens is 466 g/mol. The number of benzene rings is 2. The van der Waals surface area contributed by atoms with E-state index >= 15 is 0 Å². The molecule has 36 heavy (non-hydrogen) atoms. The van der Waals surface area contributed by atoms with Crippen LogP contribution >= 0.6 is 0 Å². The topological polar surface area (TPSA) is 121 Å². The number of ether oxygens (including phenoxy) is 3. The van der Waals surface area contributed by atoms with E-state index in [1.807, 2.05) is 30.3 Å². The van der Waals surface area contributed by atoms with Gasteiger partial charge in [0, 0.05) is 38.3 Å². The van der Waals surface area contributed by atoms with Crippen LogP contribution in [0, 0.1) is 0 Å². The number of carbonyl (C=O) groups is 1. The fourth-order valence-corrected chi connectivity index (χ4v) is 4.15. The number of hydrogen-bond donors (Lipinski definition) is 2. The van der Waals surface area contributed by atoms with Gasteiger partial charge in [-0.1, -0.05) is 18.2 Å². The van der Waals surface area contributed by atoms with Gasteiger partial charge in [0.25, 0.3) is 5.56 Å². The molecule has 0 amide bonds. The second kappa shape index (κ2) is 11.1. The number of aliphatic carboxylic acids is 1. The minimum Gasteiger partial charge on any atom is -0.493 e. The number of nitrogens with one attached hydrogen (secondary N) is 1. The normalized spacial score (nSPS) is 13.1. The largest absolute Gasteiger partial charge is 0.493 e. The summed E-state index contributed by atoms with van der Waals surface area (Å²) in [6, 6.07) is 12.2. The molecule has 1 aliphatic heterocycles. The average Bonchev–Trinajstić information content (AvgIpc) is 3.34. The lowest BCUT2D eigenvalue weighted by Crippen LogP contribution is -2.39. The second-order valence-corrected chi connectivity index (χ2v) is 8.53. The van der Waals surface area contributed by atoms with Crippen LogP contribution in [0.1, 0.15) is 29.2 Å². The fraction of sp³-hybridized carbons (Fsp3) is 0.346. The zero-order valence-corrected chi connectivity index (χ0v) is 20.2. The van der Waals surface area contributed by atoms with Crippen LogP contribution in [-0.4, -0.2) is 40.5 Å². The molecule has 3 aromatic rings. The summed E-state index contributed by atoms with van der Waals surface area (Å²) in [6.07, 6.45) is 2.18. The molecular formula is C26H29N3O7. The molecule has 4 rings (SSSR count). The predicted molar refractivity (Wildman–Crippen MR) is 132 cm³/mol. The molecule has 190 valence electrons. The minimum atomic E-state index is -0.891. The Balaban J connectivity index is 1.42. The number of nitrogens with zero attached hydrogens (tertiary/aromatic N) is 2. The highest BCUT2D eigenvalue weighted by Crippen LogP contribution is 2.31. The molecule has 0 radical (unpaired) electrons. The number of carboxylic acids is 1. The van der Waals surface area contributed by atoms with Crippen LogP contribution < -0.4 is 30.8 Å². The lowest BCUT2D eigenvalue weighted by atomic mass is 9.99. The lowest BCUT2D eigenvalue weighted by molar-refractivity contribution is -0.137. The number of carboxylic acid groups (broad SMARTS) is 1. The lowest BCUT2D eigenvalue weighted by Gasteiger charge is -2.19. The third-order valence-corrected chi connectivity index (χ3v) is 6.09. The van der Waals surface area contributed by atoms with Crippen molar-refractivity contribution in [1.82, 2.24) is 14.5 Å². The van der Waals surface area contributed by atoms with Crippen molar-refractivity contribution in [2.45, 2.75) is 32.0 Å². The number of aryl methyl sites for hydroxylation is 1. The molecule has 0 fully saturated rings. The molecule has 2 heterocycles. The standard InChI is InChI=1S/C26H29N3O7/c1-28-9-7-24(30)29(26(28)33)10-12-36-22-5-3-17(13-23(22)34-2)16-27-20(15-25(31)32)18-4-6-21-19(14-18)8-11-35-21/h3-7,9,13-14,20,27H,8,10-12,15-16H2,1-2H3,(H,31,32). The van der Waals surface area contributed by atoms with Crippen LogP contribution in [-0.2, 0) is 31.4 Å². The molecule has 2 aromatic carbocycles. The Morgan fingerprint density at radius 2 is 2.00 bits per heavy atom. The Kier molecular flexibility index (Phi) is 7.74. The zero-order valence-electron chi connectivity index (χ0n) is 20.2. The minimum absolute atomic E-state index is 0.0592. The summed E-state index contributed by atoms with van der Waals surface area (Å²) in [6.45, 7) is 1.26. The number of hydrogen-bond acceptors (Lipinski definition) is 7. The van der Waals surface area contributed by atoms with E-state index in [2.05, 4.69) is 5.32 Å². The SMILES string of the molecule is COc1cc(CNC(CC(=O)O)c2ccc3c(c2)CCO3)ccc1OCCn1c(=O)ccn(C)c1=O. The number of fused-ring (bicyclic) bond motifs is 1. The Morgan fingerprint density at radius 3 is 2.78 bits per heavy atom. The van der Waals surface area contributed by atoms with Gasteiger partial charge in [0.05, 0.1) is 26.7 Å². The van der Waals surface area contributed by atoms with Crippen LogP contribution in [0.25, 0.3) is 0 Å². The van der Waals surface area contributed by atoms with Gasteiger partial charge in [-0.3, -0.25) is 14.2 Å². The van der Waals surface area contributed by atoms with Crippen molar-refractivity contribution in [1.29, 1.82) is 0 Å². The molecule has 0 saturated heterocycles. The molecule has 1 atom stereocenters. The molecule has 1 aliphatic rings.